The van der Waals surface area contributed by atoms with Gasteiger partial charge < -0.3 is 5.41 Å². The maximum absolute atomic E-state index is 6.91. The van der Waals surface area contributed by atoms with Gasteiger partial charge in [-0.2, -0.15) is 0 Å². The van der Waals surface area contributed by atoms with Crippen molar-refractivity contribution in [2.45, 2.75) is 44.9 Å². The van der Waals surface area contributed by atoms with Gasteiger partial charge in [0.2, 0.25) is 0 Å². The van der Waals surface area contributed by atoms with Crippen molar-refractivity contribution in [3.8, 4) is 0 Å². The Hall–Kier alpha value is -1.11. The summed E-state index contributed by atoms with van der Waals surface area (Å²) in [4.78, 5) is 0. The van der Waals surface area contributed by atoms with E-state index in [1.54, 1.807) is 0 Å². The summed E-state index contributed by atoms with van der Waals surface area (Å²) in [7, 11) is 0. The third-order valence-corrected chi connectivity index (χ3v) is 2.66. The second kappa shape index (κ2) is 8.22. The third-order valence-electron chi connectivity index (χ3n) is 2.66. The number of aryl methyl sites for hydroxylation is 1. The van der Waals surface area contributed by atoms with Crippen LogP contribution in [0.4, 0.5) is 0 Å². The van der Waals surface area contributed by atoms with Crippen LogP contribution in [-0.4, -0.2) is 6.21 Å². The smallest absolute Gasteiger partial charge is 0.00477 e. The molecule has 1 rings (SSSR count). The Morgan fingerprint density at radius 1 is 0.867 bits per heavy atom. The minimum Gasteiger partial charge on any atom is -0.313 e. The van der Waals surface area contributed by atoms with Crippen LogP contribution in [0.5, 0.6) is 0 Å². The number of rotatable bonds is 8. The van der Waals surface area contributed by atoms with E-state index in [1.807, 2.05) is 0 Å². The first kappa shape index (κ1) is 12.0. The number of benzene rings is 1. The lowest BCUT2D eigenvalue weighted by molar-refractivity contribution is 0.623. The normalized spacial score (nSPS) is 10.1. The molecule has 1 N–H and O–H groups in total. The molecule has 0 radical (unpaired) electrons. The number of unbranched alkanes of at least 4 members (excludes halogenated alkanes) is 5. The summed E-state index contributed by atoms with van der Waals surface area (Å²) in [6, 6.07) is 10.7. The van der Waals surface area contributed by atoms with Gasteiger partial charge in [0, 0.05) is 0 Å². The van der Waals surface area contributed by atoms with E-state index in [0.29, 0.717) is 0 Å². The summed E-state index contributed by atoms with van der Waals surface area (Å²) in [5, 5.41) is 6.91. The Kier molecular flexibility index (Phi) is 6.55. The zero-order valence-corrected chi connectivity index (χ0v) is 9.41. The van der Waals surface area contributed by atoms with E-state index in [1.165, 1.54) is 50.3 Å². The van der Waals surface area contributed by atoms with Crippen LogP contribution in [0.25, 0.3) is 0 Å². The van der Waals surface area contributed by atoms with Crippen molar-refractivity contribution in [1.29, 1.82) is 5.41 Å². The van der Waals surface area contributed by atoms with Gasteiger partial charge in [0.15, 0.2) is 0 Å². The fourth-order valence-corrected chi connectivity index (χ4v) is 1.75. The van der Waals surface area contributed by atoms with Crippen molar-refractivity contribution < 1.29 is 0 Å². The summed E-state index contributed by atoms with van der Waals surface area (Å²) in [6.45, 7) is 0. The first-order valence-electron chi connectivity index (χ1n) is 5.96. The number of hydrogen-bond donors (Lipinski definition) is 1. The summed E-state index contributed by atoms with van der Waals surface area (Å²) >= 11 is 0. The zero-order chi connectivity index (χ0) is 10.8. The van der Waals surface area contributed by atoms with E-state index in [9.17, 15) is 0 Å². The highest BCUT2D eigenvalue weighted by molar-refractivity contribution is 5.52. The summed E-state index contributed by atoms with van der Waals surface area (Å²) in [5.41, 5.74) is 1.46. The lowest BCUT2D eigenvalue weighted by Gasteiger charge is -2.01. The second-order valence-electron chi connectivity index (χ2n) is 4.00. The van der Waals surface area contributed by atoms with E-state index in [4.69, 9.17) is 5.41 Å². The van der Waals surface area contributed by atoms with E-state index in [0.717, 1.165) is 6.42 Å². The van der Waals surface area contributed by atoms with Gasteiger partial charge in [0.25, 0.3) is 0 Å². The highest BCUT2D eigenvalue weighted by Crippen LogP contribution is 2.09. The molecule has 0 aliphatic carbocycles. The zero-order valence-electron chi connectivity index (χ0n) is 9.41. The first-order valence-corrected chi connectivity index (χ1v) is 5.96. The Morgan fingerprint density at radius 2 is 1.53 bits per heavy atom. The molecule has 1 heteroatoms. The van der Waals surface area contributed by atoms with Gasteiger partial charge in [-0.05, 0) is 37.5 Å². The van der Waals surface area contributed by atoms with Crippen molar-refractivity contribution in [2.24, 2.45) is 0 Å². The van der Waals surface area contributed by atoms with E-state index in [2.05, 4.69) is 30.3 Å². The predicted molar refractivity (Wildman–Crippen MR) is 66.6 cm³/mol. The molecule has 0 atom stereocenters. The van der Waals surface area contributed by atoms with Crippen LogP contribution < -0.4 is 0 Å². The molecule has 82 valence electrons. The molecule has 0 aliphatic heterocycles. The van der Waals surface area contributed by atoms with Crippen LogP contribution in [0, 0.1) is 5.41 Å². The van der Waals surface area contributed by atoms with Crippen molar-refractivity contribution in [1.82, 2.24) is 0 Å². The van der Waals surface area contributed by atoms with Crippen molar-refractivity contribution in [3.63, 3.8) is 0 Å². The van der Waals surface area contributed by atoms with Crippen LogP contribution in [-0.2, 0) is 6.42 Å². The second-order valence-corrected chi connectivity index (χ2v) is 4.00. The molecule has 0 spiro atoms. The molecule has 0 amide bonds. The summed E-state index contributed by atoms with van der Waals surface area (Å²) < 4.78 is 0. The third kappa shape index (κ3) is 6.05. The van der Waals surface area contributed by atoms with E-state index in [-0.39, 0.29) is 0 Å². The fourth-order valence-electron chi connectivity index (χ4n) is 1.75. The molecule has 0 heterocycles. The average Bonchev–Trinajstić information content (AvgIpc) is 2.29. The molecule has 0 saturated carbocycles. The molecule has 1 aromatic carbocycles. The Balaban J connectivity index is 1.95. The van der Waals surface area contributed by atoms with Crippen LogP contribution >= 0.6 is 0 Å². The van der Waals surface area contributed by atoms with Gasteiger partial charge in [-0.1, -0.05) is 49.6 Å². The standard InChI is InChI=1S/C14H21N/c15-13-9-4-2-1-3-6-10-14-11-7-5-8-12-14/h5,7-8,11-13,15H,1-4,6,9-10H2. The minimum atomic E-state index is 0.957. The van der Waals surface area contributed by atoms with Gasteiger partial charge >= 0.3 is 0 Å². The van der Waals surface area contributed by atoms with Gasteiger partial charge in [-0.25, -0.2) is 0 Å². The van der Waals surface area contributed by atoms with E-state index < -0.39 is 0 Å². The number of nitrogens with one attached hydrogen (secondary N) is 1. The fraction of sp³-hybridized carbons (Fsp3) is 0.500. The van der Waals surface area contributed by atoms with Crippen molar-refractivity contribution in [3.05, 3.63) is 35.9 Å². The molecule has 0 saturated heterocycles. The average molecular weight is 203 g/mol. The van der Waals surface area contributed by atoms with Gasteiger partial charge in [0.1, 0.15) is 0 Å². The summed E-state index contributed by atoms with van der Waals surface area (Å²) in [5.74, 6) is 0. The molecule has 1 nitrogen and oxygen atoms in total. The Labute approximate surface area is 93.0 Å². The molecule has 1 aromatic rings. The predicted octanol–water partition coefficient (Wildman–Crippen LogP) is 4.22. The first-order chi connectivity index (χ1) is 7.43. The SMILES string of the molecule is N=CCCCCCCCc1ccccc1. The molecule has 0 bridgehead atoms. The molecule has 0 fully saturated rings. The molecule has 0 aliphatic rings. The minimum absolute atomic E-state index is 0.957. The molecule has 0 unspecified atom stereocenters. The number of hydrogen-bond acceptors (Lipinski definition) is 1. The topological polar surface area (TPSA) is 23.9 Å². The van der Waals surface area contributed by atoms with Gasteiger partial charge in [-0.15, -0.1) is 0 Å². The molecular weight excluding hydrogens is 182 g/mol. The van der Waals surface area contributed by atoms with Crippen LogP contribution in [0.3, 0.4) is 0 Å². The quantitative estimate of drug-likeness (QED) is 0.483. The van der Waals surface area contributed by atoms with E-state index >= 15 is 0 Å². The van der Waals surface area contributed by atoms with Gasteiger partial charge in [0.05, 0.1) is 0 Å². The monoisotopic (exact) mass is 203 g/mol. The van der Waals surface area contributed by atoms with Crippen LogP contribution in [0.2, 0.25) is 0 Å². The molecule has 15 heavy (non-hydrogen) atoms. The lowest BCUT2D eigenvalue weighted by Crippen LogP contribution is -1.85. The highest BCUT2D eigenvalue weighted by Gasteiger charge is 1.92. The summed E-state index contributed by atoms with van der Waals surface area (Å²) in [6.07, 6.45) is 10.1. The maximum Gasteiger partial charge on any atom is -0.00477 e. The van der Waals surface area contributed by atoms with Crippen molar-refractivity contribution in [2.75, 3.05) is 0 Å². The highest BCUT2D eigenvalue weighted by atomic mass is 14.3. The largest absolute Gasteiger partial charge is 0.313 e. The molecule has 0 aromatic heterocycles. The van der Waals surface area contributed by atoms with Crippen LogP contribution in [0.15, 0.2) is 30.3 Å². The van der Waals surface area contributed by atoms with Crippen LogP contribution in [0.1, 0.15) is 44.1 Å². The van der Waals surface area contributed by atoms with Crippen molar-refractivity contribution >= 4 is 6.21 Å². The maximum atomic E-state index is 6.91. The van der Waals surface area contributed by atoms with Gasteiger partial charge in [-0.3, -0.25) is 0 Å². The Morgan fingerprint density at radius 3 is 2.27 bits per heavy atom. The lowest BCUT2D eigenvalue weighted by atomic mass is 10.1. The Bertz CT molecular complexity index is 253. The molecular formula is C14H21N.